The van der Waals surface area contributed by atoms with Gasteiger partial charge in [-0.3, -0.25) is 9.78 Å². The van der Waals surface area contributed by atoms with Crippen LogP contribution in [0, 0.1) is 12.8 Å². The Morgan fingerprint density at radius 3 is 2.28 bits per heavy atom. The van der Waals surface area contributed by atoms with Crippen LogP contribution in [0.5, 0.6) is 0 Å². The molecular weight excluding hydrogens is 459 g/mol. The van der Waals surface area contributed by atoms with Crippen molar-refractivity contribution < 1.29 is 4.79 Å². The predicted octanol–water partition coefficient (Wildman–Crippen LogP) is 7.44. The van der Waals surface area contributed by atoms with Crippen molar-refractivity contribution in [2.24, 2.45) is 11.7 Å². The molecule has 1 atom stereocenters. The Bertz CT molecular complexity index is 1050. The van der Waals surface area contributed by atoms with Gasteiger partial charge in [0, 0.05) is 29.8 Å². The normalized spacial score (nSPS) is 11.7. The lowest BCUT2D eigenvalue weighted by molar-refractivity contribution is -0.109. The maximum atomic E-state index is 11.8. The van der Waals surface area contributed by atoms with Crippen LogP contribution in [-0.2, 0) is 17.8 Å². The zero-order valence-corrected chi connectivity index (χ0v) is 21.9. The topological polar surface area (TPSA) is 56.0 Å². The van der Waals surface area contributed by atoms with Gasteiger partial charge in [0.25, 0.3) is 0 Å². The maximum Gasteiger partial charge on any atom is 0.186 e. The molecule has 1 aromatic heterocycles. The summed E-state index contributed by atoms with van der Waals surface area (Å²) in [5.74, 6) is 0.502. The molecule has 2 N–H and O–H groups in total. The van der Waals surface area contributed by atoms with Gasteiger partial charge in [-0.1, -0.05) is 68.4 Å². The van der Waals surface area contributed by atoms with Crippen LogP contribution in [0.3, 0.4) is 0 Å². The quantitative estimate of drug-likeness (QED) is 0.372. The fraction of sp³-hybridized carbons (Fsp3) is 0.385. The number of nitrogens with two attached hydrogens (primary N) is 1. The third kappa shape index (κ3) is 6.48. The standard InChI is InChI=1S/C26H32N2OS.2ClH/c1-6-25(30-18(5)29)20-11-12-23-21(14-20)26(19-9-7-17(4)8-10-19)22(15-27)24(28-23)13-16(2)3;;/h7-12,14,16,25H,6,13,15,27H2,1-5H3;2*1H. The molecule has 174 valence electrons. The average Bonchev–Trinajstić information content (AvgIpc) is 2.71. The molecular formula is C26H34Cl2N2OS. The summed E-state index contributed by atoms with van der Waals surface area (Å²) in [4.78, 5) is 16.8. The predicted molar refractivity (Wildman–Crippen MR) is 144 cm³/mol. The van der Waals surface area contributed by atoms with Crippen LogP contribution in [0.25, 0.3) is 22.0 Å². The maximum absolute atomic E-state index is 11.8. The number of halogens is 2. The van der Waals surface area contributed by atoms with Crippen LogP contribution in [-0.4, -0.2) is 10.1 Å². The molecule has 3 nitrogen and oxygen atoms in total. The van der Waals surface area contributed by atoms with Crippen molar-refractivity contribution in [2.75, 3.05) is 0 Å². The van der Waals surface area contributed by atoms with E-state index in [0.29, 0.717) is 12.5 Å². The summed E-state index contributed by atoms with van der Waals surface area (Å²) in [6.45, 7) is 10.7. The first-order valence-corrected chi connectivity index (χ1v) is 11.6. The van der Waals surface area contributed by atoms with Crippen LogP contribution in [0.1, 0.15) is 61.7 Å². The Morgan fingerprint density at radius 2 is 1.75 bits per heavy atom. The van der Waals surface area contributed by atoms with E-state index in [1.807, 2.05) is 0 Å². The van der Waals surface area contributed by atoms with E-state index in [4.69, 9.17) is 10.7 Å². The molecule has 2 aromatic carbocycles. The molecule has 6 heteroatoms. The fourth-order valence-corrected chi connectivity index (χ4v) is 4.83. The number of pyridine rings is 1. The summed E-state index contributed by atoms with van der Waals surface area (Å²) in [6.07, 6.45) is 1.80. The van der Waals surface area contributed by atoms with Crippen molar-refractivity contribution in [3.05, 3.63) is 64.8 Å². The van der Waals surface area contributed by atoms with Crippen LogP contribution in [0.4, 0.5) is 0 Å². The molecule has 3 rings (SSSR count). The highest BCUT2D eigenvalue weighted by Crippen LogP contribution is 2.38. The number of benzene rings is 2. The SMILES string of the molecule is CCC(SC(C)=O)c1ccc2nc(CC(C)C)c(CN)c(-c3ccc(C)cc3)c2c1.Cl.Cl. The molecule has 0 radical (unpaired) electrons. The van der Waals surface area contributed by atoms with E-state index >= 15 is 0 Å². The lowest BCUT2D eigenvalue weighted by atomic mass is 9.90. The van der Waals surface area contributed by atoms with Crippen LogP contribution in [0.2, 0.25) is 0 Å². The molecule has 0 fully saturated rings. The highest BCUT2D eigenvalue weighted by molar-refractivity contribution is 8.13. The van der Waals surface area contributed by atoms with Gasteiger partial charge >= 0.3 is 0 Å². The van der Waals surface area contributed by atoms with Crippen molar-refractivity contribution in [3.8, 4) is 11.1 Å². The number of carbonyl (C=O) groups is 1. The summed E-state index contributed by atoms with van der Waals surface area (Å²) in [7, 11) is 0. The summed E-state index contributed by atoms with van der Waals surface area (Å²) in [5.41, 5.74) is 14.3. The Kier molecular flexibility index (Phi) is 11.2. The molecule has 1 heterocycles. The van der Waals surface area contributed by atoms with E-state index in [9.17, 15) is 4.79 Å². The number of carbonyl (C=O) groups excluding carboxylic acids is 1. The van der Waals surface area contributed by atoms with Crippen LogP contribution < -0.4 is 5.73 Å². The molecule has 0 amide bonds. The van der Waals surface area contributed by atoms with Crippen molar-refractivity contribution in [1.82, 2.24) is 4.98 Å². The Morgan fingerprint density at radius 1 is 1.09 bits per heavy atom. The van der Waals surface area contributed by atoms with Crippen molar-refractivity contribution in [3.63, 3.8) is 0 Å². The Labute approximate surface area is 208 Å². The number of fused-ring (bicyclic) bond motifs is 1. The van der Waals surface area contributed by atoms with Crippen LogP contribution in [0.15, 0.2) is 42.5 Å². The van der Waals surface area contributed by atoms with Gasteiger partial charge in [0.1, 0.15) is 0 Å². The lowest BCUT2D eigenvalue weighted by Crippen LogP contribution is -2.10. The minimum Gasteiger partial charge on any atom is -0.326 e. The van der Waals surface area contributed by atoms with Gasteiger partial charge in [-0.15, -0.1) is 24.8 Å². The second kappa shape index (κ2) is 12.6. The Hall–Kier alpha value is -1.59. The van der Waals surface area contributed by atoms with Gasteiger partial charge in [0.05, 0.1) is 5.52 Å². The molecule has 1 unspecified atom stereocenters. The van der Waals surface area contributed by atoms with E-state index in [2.05, 4.69) is 70.2 Å². The van der Waals surface area contributed by atoms with Gasteiger partial charge in [-0.2, -0.15) is 0 Å². The zero-order valence-electron chi connectivity index (χ0n) is 19.5. The van der Waals surface area contributed by atoms with Crippen molar-refractivity contribution in [2.45, 2.75) is 59.3 Å². The van der Waals surface area contributed by atoms with Crippen molar-refractivity contribution >= 4 is 52.6 Å². The van der Waals surface area contributed by atoms with E-state index in [0.717, 1.165) is 35.0 Å². The number of aryl methyl sites for hydroxylation is 1. The van der Waals surface area contributed by atoms with E-state index in [1.165, 1.54) is 34.0 Å². The molecule has 3 aromatic rings. The van der Waals surface area contributed by atoms with Gasteiger partial charge in [-0.25, -0.2) is 0 Å². The molecule has 0 saturated carbocycles. The van der Waals surface area contributed by atoms with Crippen molar-refractivity contribution in [1.29, 1.82) is 0 Å². The smallest absolute Gasteiger partial charge is 0.186 e. The molecule has 32 heavy (non-hydrogen) atoms. The summed E-state index contributed by atoms with van der Waals surface area (Å²) in [6, 6.07) is 15.1. The number of aromatic nitrogens is 1. The van der Waals surface area contributed by atoms with Crippen LogP contribution >= 0.6 is 36.6 Å². The number of hydrogen-bond acceptors (Lipinski definition) is 4. The zero-order chi connectivity index (χ0) is 21.8. The number of rotatable bonds is 7. The first-order valence-electron chi connectivity index (χ1n) is 10.7. The number of thioether (sulfide) groups is 1. The minimum absolute atomic E-state index is 0. The second-order valence-corrected chi connectivity index (χ2v) is 9.74. The third-order valence-corrected chi connectivity index (χ3v) is 6.61. The van der Waals surface area contributed by atoms with Gasteiger partial charge in [0.2, 0.25) is 0 Å². The monoisotopic (exact) mass is 492 g/mol. The van der Waals surface area contributed by atoms with E-state index < -0.39 is 0 Å². The van der Waals surface area contributed by atoms with Gasteiger partial charge in [0.15, 0.2) is 5.12 Å². The van der Waals surface area contributed by atoms with Gasteiger partial charge < -0.3 is 5.73 Å². The molecule has 0 spiro atoms. The highest BCUT2D eigenvalue weighted by atomic mass is 35.5. The summed E-state index contributed by atoms with van der Waals surface area (Å²) in [5, 5.41) is 1.41. The third-order valence-electron chi connectivity index (χ3n) is 5.39. The number of nitrogens with zero attached hydrogens (tertiary/aromatic N) is 1. The molecule has 0 aliphatic heterocycles. The first kappa shape index (κ1) is 28.4. The number of hydrogen-bond donors (Lipinski definition) is 1. The highest BCUT2D eigenvalue weighted by Gasteiger charge is 2.19. The average molecular weight is 494 g/mol. The van der Waals surface area contributed by atoms with Gasteiger partial charge in [-0.05, 0) is 60.1 Å². The fourth-order valence-electron chi connectivity index (χ4n) is 3.98. The Balaban J connectivity index is 0.00000256. The van der Waals surface area contributed by atoms with E-state index in [1.54, 1.807) is 6.92 Å². The molecule has 0 aliphatic carbocycles. The van der Waals surface area contributed by atoms with E-state index in [-0.39, 0.29) is 35.2 Å². The molecule has 0 aliphatic rings. The summed E-state index contributed by atoms with van der Waals surface area (Å²) >= 11 is 1.40. The molecule has 0 bridgehead atoms. The minimum atomic E-state index is 0. The first-order chi connectivity index (χ1) is 14.3. The summed E-state index contributed by atoms with van der Waals surface area (Å²) < 4.78 is 0. The second-order valence-electron chi connectivity index (χ2n) is 8.36. The molecule has 0 saturated heterocycles. The lowest BCUT2D eigenvalue weighted by Gasteiger charge is -2.20. The largest absolute Gasteiger partial charge is 0.326 e.